The van der Waals surface area contributed by atoms with Crippen molar-refractivity contribution in [2.75, 3.05) is 24.7 Å². The molecule has 1 fully saturated rings. The molecule has 1 aromatic rings. The van der Waals surface area contributed by atoms with Crippen LogP contribution in [0.1, 0.15) is 13.8 Å². The van der Waals surface area contributed by atoms with Crippen LogP contribution in [0.15, 0.2) is 18.2 Å². The second-order valence-corrected chi connectivity index (χ2v) is 5.41. The Morgan fingerprint density at radius 2 is 2.09 bits per heavy atom. The van der Waals surface area contributed by atoms with E-state index in [1.54, 1.807) is 32.0 Å². The fraction of sp³-hybridized carbons (Fsp3) is 0.357. The Morgan fingerprint density at radius 3 is 2.64 bits per heavy atom. The van der Waals surface area contributed by atoms with Crippen LogP contribution in [0.5, 0.6) is 5.75 Å². The van der Waals surface area contributed by atoms with Gasteiger partial charge >= 0.3 is 6.03 Å². The first-order valence-corrected chi connectivity index (χ1v) is 6.62. The maximum atomic E-state index is 12.1. The monoisotopic (exact) mass is 306 g/mol. The highest BCUT2D eigenvalue weighted by atomic mass is 16.5. The molecule has 1 saturated heterocycles. The first kappa shape index (κ1) is 15.6. The van der Waals surface area contributed by atoms with E-state index < -0.39 is 23.4 Å². The topological polar surface area (TPSA) is 114 Å². The number of hydrogen-bond acceptors (Lipinski definition) is 5. The van der Waals surface area contributed by atoms with Crippen LogP contribution in [0.2, 0.25) is 0 Å². The largest absolute Gasteiger partial charge is 0.497 e. The zero-order valence-corrected chi connectivity index (χ0v) is 12.6. The van der Waals surface area contributed by atoms with Gasteiger partial charge in [-0.25, -0.2) is 4.79 Å². The van der Waals surface area contributed by atoms with Crippen LogP contribution in [-0.4, -0.2) is 41.9 Å². The molecule has 0 radical (unpaired) electrons. The van der Waals surface area contributed by atoms with Gasteiger partial charge in [-0.1, -0.05) is 0 Å². The minimum atomic E-state index is -1.08. The lowest BCUT2D eigenvalue weighted by Crippen LogP contribution is -2.47. The van der Waals surface area contributed by atoms with E-state index in [9.17, 15) is 14.4 Å². The lowest BCUT2D eigenvalue weighted by atomic mass is 10.0. The quantitative estimate of drug-likeness (QED) is 0.555. The van der Waals surface area contributed by atoms with Crippen molar-refractivity contribution in [2.45, 2.75) is 19.4 Å². The van der Waals surface area contributed by atoms with Gasteiger partial charge in [0.15, 0.2) is 0 Å². The molecule has 0 aliphatic carbocycles. The van der Waals surface area contributed by atoms with E-state index in [0.717, 1.165) is 0 Å². The van der Waals surface area contributed by atoms with Gasteiger partial charge in [-0.3, -0.25) is 14.9 Å². The first-order chi connectivity index (χ1) is 10.3. The van der Waals surface area contributed by atoms with Crippen LogP contribution in [-0.2, 0) is 9.59 Å². The molecule has 0 spiro atoms. The smallest absolute Gasteiger partial charge is 0.325 e. The third-order valence-electron chi connectivity index (χ3n) is 3.53. The summed E-state index contributed by atoms with van der Waals surface area (Å²) in [5.41, 5.74) is 5.46. The van der Waals surface area contributed by atoms with Crippen LogP contribution >= 0.6 is 0 Å². The molecule has 8 nitrogen and oxygen atoms in total. The van der Waals surface area contributed by atoms with Crippen molar-refractivity contribution >= 4 is 29.2 Å². The summed E-state index contributed by atoms with van der Waals surface area (Å²) in [6.07, 6.45) is 0. The Kier molecular flexibility index (Phi) is 3.94. The van der Waals surface area contributed by atoms with Gasteiger partial charge in [0, 0.05) is 6.07 Å². The number of nitrogens with one attached hydrogen (secondary N) is 2. The number of rotatable bonds is 4. The second-order valence-electron chi connectivity index (χ2n) is 5.41. The minimum Gasteiger partial charge on any atom is -0.497 e. The molecule has 1 aromatic carbocycles. The average Bonchev–Trinajstić information content (AvgIpc) is 2.64. The molecule has 22 heavy (non-hydrogen) atoms. The molecule has 8 heteroatoms. The van der Waals surface area contributed by atoms with Crippen LogP contribution in [0.3, 0.4) is 0 Å². The van der Waals surface area contributed by atoms with Crippen molar-refractivity contribution in [2.24, 2.45) is 0 Å². The highest BCUT2D eigenvalue weighted by Gasteiger charge is 2.46. The second kappa shape index (κ2) is 5.55. The van der Waals surface area contributed by atoms with Crippen LogP contribution in [0.4, 0.5) is 16.2 Å². The number of methoxy groups -OCH3 is 1. The zero-order valence-electron chi connectivity index (χ0n) is 12.6. The van der Waals surface area contributed by atoms with Crippen molar-refractivity contribution in [1.29, 1.82) is 0 Å². The number of nitrogen functional groups attached to an aromatic ring is 1. The van der Waals surface area contributed by atoms with E-state index >= 15 is 0 Å². The average molecular weight is 306 g/mol. The van der Waals surface area contributed by atoms with Gasteiger partial charge in [0.2, 0.25) is 5.91 Å². The summed E-state index contributed by atoms with van der Waals surface area (Å²) >= 11 is 0. The zero-order chi connectivity index (χ0) is 16.5. The Hall–Kier alpha value is -2.77. The van der Waals surface area contributed by atoms with Gasteiger partial charge in [0.05, 0.1) is 18.5 Å². The highest BCUT2D eigenvalue weighted by molar-refractivity contribution is 6.08. The van der Waals surface area contributed by atoms with Gasteiger partial charge < -0.3 is 20.7 Å². The summed E-state index contributed by atoms with van der Waals surface area (Å²) in [6.45, 7) is 2.88. The van der Waals surface area contributed by atoms with Crippen LogP contribution in [0, 0.1) is 0 Å². The number of hydrogen-bond donors (Lipinski definition) is 3. The lowest BCUT2D eigenvalue weighted by molar-refractivity contribution is -0.126. The highest BCUT2D eigenvalue weighted by Crippen LogP contribution is 2.25. The normalized spacial score (nSPS) is 16.4. The molecule has 4 N–H and O–H groups in total. The Bertz CT molecular complexity index is 642. The Balaban J connectivity index is 2.11. The van der Waals surface area contributed by atoms with Gasteiger partial charge in [0.1, 0.15) is 17.8 Å². The molecule has 1 heterocycles. The predicted octanol–water partition coefficient (Wildman–Crippen LogP) is 0.546. The third kappa shape index (κ3) is 2.80. The molecule has 4 amide bonds. The number of ether oxygens (including phenoxy) is 1. The van der Waals surface area contributed by atoms with E-state index in [0.29, 0.717) is 17.1 Å². The van der Waals surface area contributed by atoms with E-state index in [-0.39, 0.29) is 6.54 Å². The van der Waals surface area contributed by atoms with Gasteiger partial charge in [-0.15, -0.1) is 0 Å². The number of carbonyl (C=O) groups is 3. The van der Waals surface area contributed by atoms with E-state index in [1.165, 1.54) is 12.0 Å². The minimum absolute atomic E-state index is 0.263. The number of carbonyl (C=O) groups excluding carboxylic acids is 3. The SMILES string of the molecule is COc1ccc(N)c(NC(=O)CN2C(=O)NC(=O)C2(C)C)c1. The molecular formula is C14H18N4O4. The molecule has 1 aliphatic rings. The van der Waals surface area contributed by atoms with Gasteiger partial charge in [0.25, 0.3) is 5.91 Å². The van der Waals surface area contributed by atoms with E-state index in [1.807, 2.05) is 0 Å². The van der Waals surface area contributed by atoms with Crippen LogP contribution < -0.4 is 21.1 Å². The molecule has 0 atom stereocenters. The van der Waals surface area contributed by atoms with Crippen LogP contribution in [0.25, 0.3) is 0 Å². The summed E-state index contributed by atoms with van der Waals surface area (Å²) < 4.78 is 5.06. The van der Waals surface area contributed by atoms with E-state index in [2.05, 4.69) is 10.6 Å². The van der Waals surface area contributed by atoms with E-state index in [4.69, 9.17) is 10.5 Å². The third-order valence-corrected chi connectivity index (χ3v) is 3.53. The molecule has 118 valence electrons. The number of benzene rings is 1. The number of urea groups is 1. The van der Waals surface area contributed by atoms with Gasteiger partial charge in [-0.05, 0) is 26.0 Å². The molecular weight excluding hydrogens is 288 g/mol. The number of nitrogens with two attached hydrogens (primary N) is 1. The lowest BCUT2D eigenvalue weighted by Gasteiger charge is -2.27. The summed E-state index contributed by atoms with van der Waals surface area (Å²) in [6, 6.07) is 4.25. The maximum absolute atomic E-state index is 12.1. The standard InChI is InChI=1S/C14H18N4O4/c1-14(2)12(20)17-13(21)18(14)7-11(19)16-10-6-8(22-3)4-5-9(10)15/h4-6H,7,15H2,1-3H3,(H,16,19)(H,17,20,21). The fourth-order valence-electron chi connectivity index (χ4n) is 2.07. The fourth-order valence-corrected chi connectivity index (χ4v) is 2.07. The summed E-state index contributed by atoms with van der Waals surface area (Å²) in [5.74, 6) is -0.358. The molecule has 0 saturated carbocycles. The van der Waals surface area contributed by atoms with Crippen molar-refractivity contribution in [1.82, 2.24) is 10.2 Å². The van der Waals surface area contributed by atoms with Crippen molar-refractivity contribution in [3.8, 4) is 5.75 Å². The number of nitrogens with zero attached hydrogens (tertiary/aromatic N) is 1. The molecule has 0 aromatic heterocycles. The number of anilines is 2. The van der Waals surface area contributed by atoms with Crippen molar-refractivity contribution in [3.05, 3.63) is 18.2 Å². The van der Waals surface area contributed by atoms with Crippen molar-refractivity contribution in [3.63, 3.8) is 0 Å². The Morgan fingerprint density at radius 1 is 1.41 bits per heavy atom. The molecule has 0 unspecified atom stereocenters. The molecule has 0 bridgehead atoms. The number of amides is 4. The predicted molar refractivity (Wildman–Crippen MR) is 80.4 cm³/mol. The molecule has 1 aliphatic heterocycles. The molecule has 2 rings (SSSR count). The first-order valence-electron chi connectivity index (χ1n) is 6.62. The number of imide groups is 1. The van der Waals surface area contributed by atoms with Crippen molar-refractivity contribution < 1.29 is 19.1 Å². The summed E-state index contributed by atoms with van der Waals surface area (Å²) in [7, 11) is 1.50. The summed E-state index contributed by atoms with van der Waals surface area (Å²) in [4.78, 5) is 36.7. The summed E-state index contributed by atoms with van der Waals surface area (Å²) in [5, 5.41) is 4.79. The Labute approximate surface area is 127 Å². The van der Waals surface area contributed by atoms with Gasteiger partial charge in [-0.2, -0.15) is 0 Å². The maximum Gasteiger partial charge on any atom is 0.325 e.